The van der Waals surface area contributed by atoms with Gasteiger partial charge in [-0.2, -0.15) is 4.31 Å². The Kier molecular flexibility index (Phi) is 4.13. The van der Waals surface area contributed by atoms with Crippen LogP contribution in [0, 0.1) is 0 Å². The fourth-order valence-electron chi connectivity index (χ4n) is 1.66. The zero-order valence-electron chi connectivity index (χ0n) is 9.48. The van der Waals surface area contributed by atoms with Gasteiger partial charge in [0.05, 0.1) is 23.0 Å². The van der Waals surface area contributed by atoms with Gasteiger partial charge in [-0.3, -0.25) is 0 Å². The number of hydrogen-bond acceptors (Lipinski definition) is 4. The lowest BCUT2D eigenvalue weighted by Crippen LogP contribution is -2.40. The normalized spacial score (nSPS) is 19.6. The summed E-state index contributed by atoms with van der Waals surface area (Å²) in [4.78, 5) is 0.300. The molecule has 2 rings (SSSR count). The Morgan fingerprint density at radius 1 is 1.17 bits per heavy atom. The summed E-state index contributed by atoms with van der Waals surface area (Å²) < 4.78 is 50.5. The van der Waals surface area contributed by atoms with Gasteiger partial charge < -0.3 is 9.29 Å². The summed E-state index contributed by atoms with van der Waals surface area (Å²) in [5.41, 5.74) is 0. The highest BCUT2D eigenvalue weighted by Crippen LogP contribution is 2.18. The SMILES string of the molecule is O=S(O)c1ccc(S(=O)(=O)N2CCOCC2)cc1. The van der Waals surface area contributed by atoms with Crippen LogP contribution in [0.15, 0.2) is 34.1 Å². The first-order valence-electron chi connectivity index (χ1n) is 5.30. The van der Waals surface area contributed by atoms with Gasteiger partial charge in [0.1, 0.15) is 0 Å². The van der Waals surface area contributed by atoms with Crippen LogP contribution in [0.2, 0.25) is 0 Å². The highest BCUT2D eigenvalue weighted by Gasteiger charge is 2.26. The van der Waals surface area contributed by atoms with E-state index >= 15 is 0 Å². The predicted octanol–water partition coefficient (Wildman–Crippen LogP) is 0.288. The molecule has 0 radical (unpaired) electrons. The molecule has 1 atom stereocenters. The monoisotopic (exact) mass is 291 g/mol. The van der Waals surface area contributed by atoms with E-state index in [2.05, 4.69) is 0 Å². The third-order valence-corrected chi connectivity index (χ3v) is 5.22. The second kappa shape index (κ2) is 5.45. The van der Waals surface area contributed by atoms with Crippen LogP contribution in [-0.4, -0.2) is 47.8 Å². The molecule has 1 aromatic rings. The molecule has 1 aliphatic rings. The molecule has 100 valence electrons. The molecule has 1 aliphatic heterocycles. The Labute approximate surface area is 108 Å². The number of rotatable bonds is 3. The average molecular weight is 291 g/mol. The van der Waals surface area contributed by atoms with Crippen molar-refractivity contribution in [2.45, 2.75) is 9.79 Å². The molecular formula is C10H13NO5S2. The fraction of sp³-hybridized carbons (Fsp3) is 0.400. The standard InChI is InChI=1S/C10H13NO5S2/c12-17(13)9-1-3-10(4-2-9)18(14,15)11-5-7-16-8-6-11/h1-4H,5-8H2,(H,12,13). The highest BCUT2D eigenvalue weighted by atomic mass is 32.2. The smallest absolute Gasteiger partial charge is 0.243 e. The number of nitrogens with zero attached hydrogens (tertiary/aromatic N) is 1. The first-order valence-corrected chi connectivity index (χ1v) is 7.85. The molecule has 1 aromatic carbocycles. The molecule has 1 fully saturated rings. The van der Waals surface area contributed by atoms with Crippen molar-refractivity contribution in [2.75, 3.05) is 26.3 Å². The summed E-state index contributed by atoms with van der Waals surface area (Å²) in [5, 5.41) is 0. The number of hydrogen-bond donors (Lipinski definition) is 1. The van der Waals surface area contributed by atoms with Crippen LogP contribution in [0.4, 0.5) is 0 Å². The van der Waals surface area contributed by atoms with Crippen LogP contribution in [0.25, 0.3) is 0 Å². The van der Waals surface area contributed by atoms with Crippen molar-refractivity contribution in [2.24, 2.45) is 0 Å². The number of ether oxygens (including phenoxy) is 1. The van der Waals surface area contributed by atoms with Crippen molar-refractivity contribution in [1.29, 1.82) is 0 Å². The van der Waals surface area contributed by atoms with Gasteiger partial charge in [0.2, 0.25) is 10.0 Å². The van der Waals surface area contributed by atoms with Crippen molar-refractivity contribution < 1.29 is 21.9 Å². The Morgan fingerprint density at radius 3 is 2.22 bits per heavy atom. The van der Waals surface area contributed by atoms with E-state index in [1.807, 2.05) is 0 Å². The Balaban J connectivity index is 2.26. The van der Waals surface area contributed by atoms with E-state index in [0.717, 1.165) is 0 Å². The lowest BCUT2D eigenvalue weighted by Gasteiger charge is -2.26. The third kappa shape index (κ3) is 2.78. The lowest BCUT2D eigenvalue weighted by molar-refractivity contribution is 0.0730. The minimum Gasteiger partial charge on any atom is -0.379 e. The fourth-order valence-corrected chi connectivity index (χ4v) is 3.44. The van der Waals surface area contributed by atoms with Crippen LogP contribution in [0.1, 0.15) is 0 Å². The van der Waals surface area contributed by atoms with Gasteiger partial charge in [-0.05, 0) is 24.3 Å². The topological polar surface area (TPSA) is 83.9 Å². The zero-order chi connectivity index (χ0) is 13.2. The van der Waals surface area contributed by atoms with E-state index < -0.39 is 21.1 Å². The number of benzene rings is 1. The maximum absolute atomic E-state index is 12.2. The summed E-state index contributed by atoms with van der Waals surface area (Å²) in [6.07, 6.45) is 0. The Bertz CT molecular complexity index is 534. The summed E-state index contributed by atoms with van der Waals surface area (Å²) in [5.74, 6) is 0. The van der Waals surface area contributed by atoms with Crippen LogP contribution < -0.4 is 0 Å². The van der Waals surface area contributed by atoms with Gasteiger partial charge in [0.15, 0.2) is 11.1 Å². The molecule has 0 amide bonds. The largest absolute Gasteiger partial charge is 0.379 e. The van der Waals surface area contributed by atoms with Crippen molar-refractivity contribution in [3.63, 3.8) is 0 Å². The average Bonchev–Trinajstić information content (AvgIpc) is 2.40. The molecule has 0 spiro atoms. The summed E-state index contributed by atoms with van der Waals surface area (Å²) in [7, 11) is -3.53. The molecule has 1 saturated heterocycles. The maximum Gasteiger partial charge on any atom is 0.243 e. The molecule has 1 unspecified atom stereocenters. The van der Waals surface area contributed by atoms with Gasteiger partial charge in [-0.1, -0.05) is 0 Å². The molecule has 0 aromatic heterocycles. The first kappa shape index (κ1) is 13.6. The maximum atomic E-state index is 12.2. The Hall–Kier alpha value is -0.800. The van der Waals surface area contributed by atoms with Crippen molar-refractivity contribution in [1.82, 2.24) is 4.31 Å². The lowest BCUT2D eigenvalue weighted by atomic mass is 10.4. The van der Waals surface area contributed by atoms with Gasteiger partial charge in [0.25, 0.3) is 0 Å². The predicted molar refractivity (Wildman–Crippen MR) is 65.1 cm³/mol. The Morgan fingerprint density at radius 2 is 1.72 bits per heavy atom. The molecule has 18 heavy (non-hydrogen) atoms. The minimum absolute atomic E-state index is 0.124. The second-order valence-corrected chi connectivity index (χ2v) is 6.64. The summed E-state index contributed by atoms with van der Waals surface area (Å²) in [6.45, 7) is 1.43. The van der Waals surface area contributed by atoms with Crippen LogP contribution in [0.5, 0.6) is 0 Å². The van der Waals surface area contributed by atoms with E-state index in [1.54, 1.807) is 0 Å². The summed E-state index contributed by atoms with van der Waals surface area (Å²) in [6, 6.07) is 5.36. The molecule has 6 nitrogen and oxygen atoms in total. The van der Waals surface area contributed by atoms with E-state index in [9.17, 15) is 12.6 Å². The third-order valence-electron chi connectivity index (χ3n) is 2.63. The van der Waals surface area contributed by atoms with Crippen LogP contribution in [0.3, 0.4) is 0 Å². The van der Waals surface area contributed by atoms with E-state index in [4.69, 9.17) is 9.29 Å². The van der Waals surface area contributed by atoms with Gasteiger partial charge in [-0.15, -0.1) is 0 Å². The molecular weight excluding hydrogens is 278 g/mol. The first-order chi connectivity index (χ1) is 8.51. The molecule has 1 heterocycles. The molecule has 0 bridgehead atoms. The molecule has 8 heteroatoms. The van der Waals surface area contributed by atoms with E-state index in [1.165, 1.54) is 28.6 Å². The zero-order valence-corrected chi connectivity index (χ0v) is 11.1. The molecule has 1 N–H and O–H groups in total. The van der Waals surface area contributed by atoms with Crippen LogP contribution >= 0.6 is 0 Å². The second-order valence-electron chi connectivity index (χ2n) is 3.74. The van der Waals surface area contributed by atoms with Crippen molar-refractivity contribution in [3.8, 4) is 0 Å². The quantitative estimate of drug-likeness (QED) is 0.809. The number of morpholine rings is 1. The van der Waals surface area contributed by atoms with Crippen molar-refractivity contribution >= 4 is 21.1 Å². The van der Waals surface area contributed by atoms with Gasteiger partial charge in [-0.25, -0.2) is 12.6 Å². The van der Waals surface area contributed by atoms with Crippen LogP contribution in [-0.2, 0) is 25.8 Å². The van der Waals surface area contributed by atoms with E-state index in [0.29, 0.717) is 26.3 Å². The van der Waals surface area contributed by atoms with Gasteiger partial charge in [0, 0.05) is 13.1 Å². The van der Waals surface area contributed by atoms with E-state index in [-0.39, 0.29) is 9.79 Å². The highest BCUT2D eigenvalue weighted by molar-refractivity contribution is 7.89. The summed E-state index contributed by atoms with van der Waals surface area (Å²) >= 11 is -2.10. The number of sulfonamides is 1. The minimum atomic E-state index is -3.53. The molecule has 0 saturated carbocycles. The van der Waals surface area contributed by atoms with Gasteiger partial charge >= 0.3 is 0 Å². The molecule has 0 aliphatic carbocycles. The van der Waals surface area contributed by atoms with Crippen molar-refractivity contribution in [3.05, 3.63) is 24.3 Å².